The number of fused-ring (bicyclic) bond motifs is 1. The van der Waals surface area contributed by atoms with Crippen LogP contribution in [-0.4, -0.2) is 29.3 Å². The van der Waals surface area contributed by atoms with Crippen molar-refractivity contribution in [3.8, 4) is 5.75 Å². The van der Waals surface area contributed by atoms with Gasteiger partial charge >= 0.3 is 0 Å². The number of hydrogen-bond donors (Lipinski definition) is 1. The molecule has 0 saturated heterocycles. The highest BCUT2D eigenvalue weighted by Gasteiger charge is 2.33. The van der Waals surface area contributed by atoms with Crippen LogP contribution in [0.15, 0.2) is 48.5 Å². The zero-order valence-electron chi connectivity index (χ0n) is 13.2. The van der Waals surface area contributed by atoms with Crippen molar-refractivity contribution in [2.75, 3.05) is 13.2 Å². The van der Waals surface area contributed by atoms with E-state index in [0.717, 1.165) is 24.4 Å². The minimum Gasteiger partial charge on any atom is -0.490 e. The van der Waals surface area contributed by atoms with Crippen molar-refractivity contribution in [1.82, 2.24) is 4.90 Å². The summed E-state index contributed by atoms with van der Waals surface area (Å²) in [7, 11) is 0. The number of aliphatic hydroxyl groups is 1. The standard InChI is InChI=1S/C19H23NO2/c1-3-20(12-15-7-5-4-6-8-15)19-16-11-14(2)9-10-18(16)22-13-17(19)21/h4-11,17,19,21H,3,12-13H2,1-2H3. The molecule has 1 heterocycles. The predicted octanol–water partition coefficient (Wildman–Crippen LogP) is 3.31. The van der Waals surface area contributed by atoms with Crippen LogP contribution in [0.25, 0.3) is 0 Å². The van der Waals surface area contributed by atoms with E-state index in [9.17, 15) is 5.11 Å². The van der Waals surface area contributed by atoms with Crippen molar-refractivity contribution in [2.45, 2.75) is 32.5 Å². The van der Waals surface area contributed by atoms with E-state index < -0.39 is 6.10 Å². The Morgan fingerprint density at radius 3 is 2.68 bits per heavy atom. The third-order valence-electron chi connectivity index (χ3n) is 4.29. The van der Waals surface area contributed by atoms with E-state index in [1.54, 1.807) is 0 Å². The Morgan fingerprint density at radius 1 is 1.18 bits per heavy atom. The smallest absolute Gasteiger partial charge is 0.124 e. The third-order valence-corrected chi connectivity index (χ3v) is 4.29. The molecule has 0 saturated carbocycles. The number of ether oxygens (including phenoxy) is 1. The van der Waals surface area contributed by atoms with Crippen LogP contribution < -0.4 is 4.74 Å². The lowest BCUT2D eigenvalue weighted by Gasteiger charge is -2.38. The quantitative estimate of drug-likeness (QED) is 0.940. The molecule has 22 heavy (non-hydrogen) atoms. The van der Waals surface area contributed by atoms with Crippen LogP contribution in [0, 0.1) is 6.92 Å². The maximum atomic E-state index is 10.5. The molecule has 0 aromatic heterocycles. The van der Waals surface area contributed by atoms with Gasteiger partial charge in [0.25, 0.3) is 0 Å². The highest BCUT2D eigenvalue weighted by atomic mass is 16.5. The first-order valence-electron chi connectivity index (χ1n) is 7.88. The van der Waals surface area contributed by atoms with Gasteiger partial charge in [0.1, 0.15) is 18.5 Å². The van der Waals surface area contributed by atoms with Crippen LogP contribution in [0.3, 0.4) is 0 Å². The highest BCUT2D eigenvalue weighted by Crippen LogP contribution is 2.37. The molecule has 2 aromatic carbocycles. The zero-order valence-corrected chi connectivity index (χ0v) is 13.2. The molecule has 0 amide bonds. The fourth-order valence-electron chi connectivity index (χ4n) is 3.17. The Hall–Kier alpha value is -1.84. The second kappa shape index (κ2) is 6.51. The Kier molecular flexibility index (Phi) is 4.46. The normalized spacial score (nSPS) is 20.5. The lowest BCUT2D eigenvalue weighted by atomic mass is 9.94. The van der Waals surface area contributed by atoms with Crippen molar-refractivity contribution >= 4 is 0 Å². The lowest BCUT2D eigenvalue weighted by Crippen LogP contribution is -2.41. The Balaban J connectivity index is 1.92. The van der Waals surface area contributed by atoms with E-state index >= 15 is 0 Å². The number of hydrogen-bond acceptors (Lipinski definition) is 3. The fourth-order valence-corrected chi connectivity index (χ4v) is 3.17. The van der Waals surface area contributed by atoms with Gasteiger partial charge in [-0.1, -0.05) is 55.0 Å². The van der Waals surface area contributed by atoms with Crippen molar-refractivity contribution in [2.24, 2.45) is 0 Å². The number of aliphatic hydroxyl groups excluding tert-OH is 1. The molecule has 0 aliphatic carbocycles. The van der Waals surface area contributed by atoms with Crippen molar-refractivity contribution in [3.63, 3.8) is 0 Å². The maximum Gasteiger partial charge on any atom is 0.124 e. The summed E-state index contributed by atoms with van der Waals surface area (Å²) in [5.41, 5.74) is 3.55. The summed E-state index contributed by atoms with van der Waals surface area (Å²) in [6.07, 6.45) is -0.502. The summed E-state index contributed by atoms with van der Waals surface area (Å²) in [5, 5.41) is 10.5. The summed E-state index contributed by atoms with van der Waals surface area (Å²) < 4.78 is 5.69. The molecule has 3 nitrogen and oxygen atoms in total. The SMILES string of the molecule is CCN(Cc1ccccc1)C1c2cc(C)ccc2OCC1O. The van der Waals surface area contributed by atoms with Gasteiger partial charge in [-0.05, 0) is 25.1 Å². The fraction of sp³-hybridized carbons (Fsp3) is 0.368. The molecule has 0 spiro atoms. The predicted molar refractivity (Wildman–Crippen MR) is 87.9 cm³/mol. The zero-order chi connectivity index (χ0) is 15.5. The monoisotopic (exact) mass is 297 g/mol. The van der Waals surface area contributed by atoms with E-state index in [2.05, 4.69) is 55.1 Å². The number of rotatable bonds is 4. The summed E-state index contributed by atoms with van der Waals surface area (Å²) in [4.78, 5) is 2.32. The van der Waals surface area contributed by atoms with Crippen LogP contribution in [0.5, 0.6) is 5.75 Å². The molecular weight excluding hydrogens is 274 g/mol. The van der Waals surface area contributed by atoms with Gasteiger partial charge in [0.2, 0.25) is 0 Å². The van der Waals surface area contributed by atoms with E-state index in [0.29, 0.717) is 6.61 Å². The number of benzene rings is 2. The first-order chi connectivity index (χ1) is 10.7. The van der Waals surface area contributed by atoms with Crippen LogP contribution in [0.2, 0.25) is 0 Å². The first-order valence-corrected chi connectivity index (χ1v) is 7.88. The van der Waals surface area contributed by atoms with Crippen LogP contribution in [0.1, 0.15) is 29.7 Å². The minimum atomic E-state index is -0.502. The molecule has 2 aromatic rings. The van der Waals surface area contributed by atoms with Gasteiger partial charge in [0, 0.05) is 12.1 Å². The van der Waals surface area contributed by atoms with Crippen molar-refractivity contribution < 1.29 is 9.84 Å². The summed E-state index contributed by atoms with van der Waals surface area (Å²) >= 11 is 0. The van der Waals surface area contributed by atoms with E-state index in [1.807, 2.05) is 12.1 Å². The molecule has 3 heteroatoms. The molecule has 3 rings (SSSR count). The van der Waals surface area contributed by atoms with Gasteiger partial charge in [-0.15, -0.1) is 0 Å². The molecule has 0 bridgehead atoms. The third kappa shape index (κ3) is 3.01. The van der Waals surface area contributed by atoms with Crippen LogP contribution >= 0.6 is 0 Å². The van der Waals surface area contributed by atoms with Crippen LogP contribution in [0.4, 0.5) is 0 Å². The second-order valence-corrected chi connectivity index (χ2v) is 5.91. The average Bonchev–Trinajstić information content (AvgIpc) is 2.54. The van der Waals surface area contributed by atoms with Gasteiger partial charge in [0.05, 0.1) is 6.04 Å². The molecule has 116 valence electrons. The number of likely N-dealkylation sites (N-methyl/N-ethyl adjacent to an activating group) is 1. The van der Waals surface area contributed by atoms with Gasteiger partial charge < -0.3 is 9.84 Å². The topological polar surface area (TPSA) is 32.7 Å². The molecule has 1 aliphatic heterocycles. The van der Waals surface area contributed by atoms with E-state index in [4.69, 9.17) is 4.74 Å². The molecule has 2 unspecified atom stereocenters. The second-order valence-electron chi connectivity index (χ2n) is 5.91. The van der Waals surface area contributed by atoms with Crippen molar-refractivity contribution in [1.29, 1.82) is 0 Å². The maximum absolute atomic E-state index is 10.5. The first kappa shape index (κ1) is 15.1. The number of nitrogens with zero attached hydrogens (tertiary/aromatic N) is 1. The Labute approximate surface area is 132 Å². The largest absolute Gasteiger partial charge is 0.490 e. The summed E-state index contributed by atoms with van der Waals surface area (Å²) in [6, 6.07) is 16.6. The lowest BCUT2D eigenvalue weighted by molar-refractivity contribution is -0.00153. The van der Waals surface area contributed by atoms with E-state index in [-0.39, 0.29) is 6.04 Å². The molecule has 2 atom stereocenters. The van der Waals surface area contributed by atoms with Gasteiger partial charge in [-0.25, -0.2) is 0 Å². The summed E-state index contributed by atoms with van der Waals surface area (Å²) in [6.45, 7) is 6.27. The molecular formula is C19H23NO2. The number of aryl methyl sites for hydroxylation is 1. The molecule has 0 fully saturated rings. The summed E-state index contributed by atoms with van der Waals surface area (Å²) in [5.74, 6) is 0.896. The minimum absolute atomic E-state index is 0.0196. The van der Waals surface area contributed by atoms with Gasteiger partial charge in [-0.3, -0.25) is 4.90 Å². The van der Waals surface area contributed by atoms with Gasteiger partial charge in [0.15, 0.2) is 0 Å². The molecule has 1 N–H and O–H groups in total. The molecule has 1 aliphatic rings. The van der Waals surface area contributed by atoms with E-state index in [1.165, 1.54) is 11.1 Å². The average molecular weight is 297 g/mol. The van der Waals surface area contributed by atoms with Crippen molar-refractivity contribution in [3.05, 3.63) is 65.2 Å². The Bertz CT molecular complexity index is 627. The molecule has 0 radical (unpaired) electrons. The highest BCUT2D eigenvalue weighted by molar-refractivity contribution is 5.41. The van der Waals surface area contributed by atoms with Gasteiger partial charge in [-0.2, -0.15) is 0 Å². The Morgan fingerprint density at radius 2 is 1.95 bits per heavy atom. The van der Waals surface area contributed by atoms with Crippen LogP contribution in [-0.2, 0) is 6.54 Å².